The fourth-order valence-corrected chi connectivity index (χ4v) is 3.72. The minimum atomic E-state index is -1.17. The summed E-state index contributed by atoms with van der Waals surface area (Å²) in [5.41, 5.74) is 5.88. The molecule has 1 unspecified atom stereocenters. The van der Waals surface area contributed by atoms with Crippen LogP contribution in [0.25, 0.3) is 0 Å². The molecule has 0 bridgehead atoms. The monoisotopic (exact) mass is 304 g/mol. The normalized spacial score (nSPS) is 20.9. The van der Waals surface area contributed by atoms with Gasteiger partial charge in [0.2, 0.25) is 0 Å². The molecule has 2 nitrogen and oxygen atoms in total. The molecule has 0 spiro atoms. The summed E-state index contributed by atoms with van der Waals surface area (Å²) in [7, 11) is 0. The Morgan fingerprint density at radius 2 is 1.90 bits per heavy atom. The molecule has 1 fully saturated rings. The molecule has 0 radical (unpaired) electrons. The lowest BCUT2D eigenvalue weighted by Crippen LogP contribution is -2.46. The van der Waals surface area contributed by atoms with Crippen LogP contribution in [0.1, 0.15) is 25.5 Å². The molecule has 0 aromatic heterocycles. The smallest absolute Gasteiger partial charge is 0.161 e. The minimum Gasteiger partial charge on any atom is -0.329 e. The van der Waals surface area contributed by atoms with Gasteiger partial charge in [-0.1, -0.05) is 0 Å². The van der Waals surface area contributed by atoms with Crippen LogP contribution in [0.2, 0.25) is 0 Å². The Morgan fingerprint density at radius 3 is 2.50 bits per heavy atom. The number of halogens is 3. The van der Waals surface area contributed by atoms with Crippen molar-refractivity contribution in [1.82, 2.24) is 4.90 Å². The molecule has 112 valence electrons. The molecule has 1 heterocycles. The molecule has 0 aliphatic carbocycles. The third-order valence-electron chi connectivity index (χ3n) is 3.52. The zero-order chi connectivity index (χ0) is 14.9. The standard InChI is InChI=1S/C14H19F3N2S/c1-14(2)8-19(3-4-20-14)13(7-18)9-5-11(16)12(17)6-10(9)15/h5-6,13H,3-4,7-8,18H2,1-2H3. The lowest BCUT2D eigenvalue weighted by Gasteiger charge is -2.41. The number of rotatable bonds is 3. The van der Waals surface area contributed by atoms with Gasteiger partial charge in [0.15, 0.2) is 11.6 Å². The molecule has 1 atom stereocenters. The van der Waals surface area contributed by atoms with E-state index in [1.54, 1.807) is 0 Å². The van der Waals surface area contributed by atoms with Gasteiger partial charge in [-0.05, 0) is 19.9 Å². The fraction of sp³-hybridized carbons (Fsp3) is 0.571. The van der Waals surface area contributed by atoms with Crippen molar-refractivity contribution in [1.29, 1.82) is 0 Å². The molecule has 1 aromatic rings. The van der Waals surface area contributed by atoms with Gasteiger partial charge in [-0.25, -0.2) is 13.2 Å². The molecule has 20 heavy (non-hydrogen) atoms. The second kappa shape index (κ2) is 5.95. The maximum absolute atomic E-state index is 13.9. The first-order chi connectivity index (χ1) is 9.34. The minimum absolute atomic E-state index is 0.0424. The Balaban J connectivity index is 2.30. The largest absolute Gasteiger partial charge is 0.329 e. The predicted molar refractivity (Wildman–Crippen MR) is 76.2 cm³/mol. The van der Waals surface area contributed by atoms with E-state index < -0.39 is 23.5 Å². The van der Waals surface area contributed by atoms with E-state index in [4.69, 9.17) is 5.73 Å². The summed E-state index contributed by atoms with van der Waals surface area (Å²) in [6.07, 6.45) is 0. The number of hydrogen-bond acceptors (Lipinski definition) is 3. The average Bonchev–Trinajstić information content (AvgIpc) is 2.35. The first kappa shape index (κ1) is 15.7. The number of benzene rings is 1. The van der Waals surface area contributed by atoms with E-state index in [-0.39, 0.29) is 16.9 Å². The molecule has 1 aromatic carbocycles. The molecule has 2 rings (SSSR count). The van der Waals surface area contributed by atoms with E-state index in [2.05, 4.69) is 13.8 Å². The fourth-order valence-electron chi connectivity index (χ4n) is 2.59. The van der Waals surface area contributed by atoms with Crippen LogP contribution in [-0.2, 0) is 0 Å². The van der Waals surface area contributed by atoms with E-state index in [0.717, 1.165) is 24.9 Å². The summed E-state index contributed by atoms with van der Waals surface area (Å²) in [6, 6.07) is 1.10. The van der Waals surface area contributed by atoms with Gasteiger partial charge in [-0.3, -0.25) is 4.90 Å². The molecular weight excluding hydrogens is 285 g/mol. The molecule has 1 aliphatic heterocycles. The molecule has 2 N–H and O–H groups in total. The summed E-state index contributed by atoms with van der Waals surface area (Å²) in [4.78, 5) is 2.05. The Kier molecular flexibility index (Phi) is 4.66. The highest BCUT2D eigenvalue weighted by molar-refractivity contribution is 8.00. The van der Waals surface area contributed by atoms with Crippen LogP contribution in [0.3, 0.4) is 0 Å². The van der Waals surface area contributed by atoms with Gasteiger partial charge in [0.1, 0.15) is 5.82 Å². The van der Waals surface area contributed by atoms with Crippen LogP contribution in [0, 0.1) is 17.5 Å². The van der Waals surface area contributed by atoms with Crippen molar-refractivity contribution in [2.24, 2.45) is 5.73 Å². The van der Waals surface area contributed by atoms with E-state index >= 15 is 0 Å². The topological polar surface area (TPSA) is 29.3 Å². The SMILES string of the molecule is CC1(C)CN(C(CN)c2cc(F)c(F)cc2F)CCS1. The Morgan fingerprint density at radius 1 is 1.25 bits per heavy atom. The Bertz CT molecular complexity index is 494. The van der Waals surface area contributed by atoms with E-state index in [0.29, 0.717) is 6.07 Å². The first-order valence-corrected chi connectivity index (χ1v) is 7.55. The van der Waals surface area contributed by atoms with E-state index in [1.807, 2.05) is 16.7 Å². The summed E-state index contributed by atoms with van der Waals surface area (Å²) >= 11 is 1.85. The first-order valence-electron chi connectivity index (χ1n) is 6.56. The summed E-state index contributed by atoms with van der Waals surface area (Å²) in [5.74, 6) is -2.04. The zero-order valence-corrected chi connectivity index (χ0v) is 12.4. The highest BCUT2D eigenvalue weighted by atomic mass is 32.2. The molecule has 1 saturated heterocycles. The van der Waals surface area contributed by atoms with Gasteiger partial charge >= 0.3 is 0 Å². The lowest BCUT2D eigenvalue weighted by atomic mass is 10.0. The van der Waals surface area contributed by atoms with Gasteiger partial charge in [0, 0.05) is 41.8 Å². The van der Waals surface area contributed by atoms with Gasteiger partial charge in [0.05, 0.1) is 6.04 Å². The van der Waals surface area contributed by atoms with Crippen LogP contribution in [0.5, 0.6) is 0 Å². The van der Waals surface area contributed by atoms with Gasteiger partial charge in [0.25, 0.3) is 0 Å². The van der Waals surface area contributed by atoms with Gasteiger partial charge < -0.3 is 5.73 Å². The molecule has 0 saturated carbocycles. The summed E-state index contributed by atoms with van der Waals surface area (Å²) in [6.45, 7) is 5.88. The van der Waals surface area contributed by atoms with Crippen molar-refractivity contribution in [3.8, 4) is 0 Å². The third kappa shape index (κ3) is 3.30. The second-order valence-corrected chi connectivity index (χ2v) is 7.42. The van der Waals surface area contributed by atoms with Crippen LogP contribution >= 0.6 is 11.8 Å². The van der Waals surface area contributed by atoms with Crippen molar-refractivity contribution in [3.63, 3.8) is 0 Å². The van der Waals surface area contributed by atoms with E-state index in [9.17, 15) is 13.2 Å². The van der Waals surface area contributed by atoms with Crippen LogP contribution in [0.4, 0.5) is 13.2 Å². The number of thioether (sulfide) groups is 1. The van der Waals surface area contributed by atoms with Crippen molar-refractivity contribution in [3.05, 3.63) is 35.1 Å². The number of nitrogens with zero attached hydrogens (tertiary/aromatic N) is 1. The Hall–Kier alpha value is -0.720. The average molecular weight is 304 g/mol. The van der Waals surface area contributed by atoms with Crippen LogP contribution in [-0.4, -0.2) is 35.0 Å². The summed E-state index contributed by atoms with van der Waals surface area (Å²) in [5, 5.41) is 0. The number of nitrogens with two attached hydrogens (primary N) is 1. The molecular formula is C14H19F3N2S. The Labute approximate surface area is 121 Å². The van der Waals surface area contributed by atoms with E-state index in [1.165, 1.54) is 0 Å². The quantitative estimate of drug-likeness (QED) is 0.871. The number of hydrogen-bond donors (Lipinski definition) is 1. The van der Waals surface area contributed by atoms with Gasteiger partial charge in [-0.15, -0.1) is 0 Å². The van der Waals surface area contributed by atoms with Crippen LogP contribution < -0.4 is 5.73 Å². The van der Waals surface area contributed by atoms with Crippen molar-refractivity contribution >= 4 is 11.8 Å². The third-order valence-corrected chi connectivity index (χ3v) is 4.82. The molecule has 6 heteroatoms. The predicted octanol–water partition coefficient (Wildman–Crippen LogP) is 2.93. The molecule has 1 aliphatic rings. The maximum atomic E-state index is 13.9. The van der Waals surface area contributed by atoms with Crippen molar-refractivity contribution < 1.29 is 13.2 Å². The van der Waals surface area contributed by atoms with Crippen LogP contribution in [0.15, 0.2) is 12.1 Å². The summed E-state index contributed by atoms with van der Waals surface area (Å²) < 4.78 is 40.4. The van der Waals surface area contributed by atoms with Crippen molar-refractivity contribution in [2.75, 3.05) is 25.4 Å². The lowest BCUT2D eigenvalue weighted by molar-refractivity contribution is 0.188. The second-order valence-electron chi connectivity index (χ2n) is 5.62. The highest BCUT2D eigenvalue weighted by Crippen LogP contribution is 2.34. The highest BCUT2D eigenvalue weighted by Gasteiger charge is 2.32. The van der Waals surface area contributed by atoms with Crippen molar-refractivity contribution in [2.45, 2.75) is 24.6 Å². The maximum Gasteiger partial charge on any atom is 0.161 e. The molecule has 0 amide bonds. The zero-order valence-electron chi connectivity index (χ0n) is 11.6. The van der Waals surface area contributed by atoms with Gasteiger partial charge in [-0.2, -0.15) is 11.8 Å².